The van der Waals surface area contributed by atoms with E-state index >= 15 is 0 Å². The molecule has 22 heavy (non-hydrogen) atoms. The number of halogens is 2. The van der Waals surface area contributed by atoms with E-state index in [2.05, 4.69) is 10.2 Å². The molecule has 1 heterocycles. The Morgan fingerprint density at radius 1 is 1.27 bits per heavy atom. The van der Waals surface area contributed by atoms with Gasteiger partial charge in [0.2, 0.25) is 5.91 Å². The highest BCUT2D eigenvalue weighted by Crippen LogP contribution is 2.25. The molecule has 0 saturated carbocycles. The second kappa shape index (κ2) is 7.20. The number of hydrogen-bond acceptors (Lipinski definition) is 2. The van der Waals surface area contributed by atoms with Crippen molar-refractivity contribution in [2.75, 3.05) is 13.1 Å². The summed E-state index contributed by atoms with van der Waals surface area (Å²) in [6.07, 6.45) is 1.79. The highest BCUT2D eigenvalue weighted by Gasteiger charge is 2.27. The summed E-state index contributed by atoms with van der Waals surface area (Å²) in [7, 11) is 0. The first-order chi connectivity index (χ1) is 10.2. The molecule has 1 aromatic rings. The van der Waals surface area contributed by atoms with Crippen LogP contribution in [0.25, 0.3) is 0 Å². The first kappa shape index (κ1) is 17.6. The molecule has 0 aromatic heterocycles. The summed E-state index contributed by atoms with van der Waals surface area (Å²) < 4.78 is 0. The number of likely N-dealkylation sites (tertiary alicyclic amines) is 1. The zero-order valence-electron chi connectivity index (χ0n) is 13.5. The van der Waals surface area contributed by atoms with E-state index in [1.165, 1.54) is 0 Å². The molecular formula is C17H24Cl2N2O. The van der Waals surface area contributed by atoms with Crippen LogP contribution in [0.15, 0.2) is 18.2 Å². The molecular weight excluding hydrogens is 319 g/mol. The normalized spacial score (nSPS) is 17.5. The van der Waals surface area contributed by atoms with Crippen molar-refractivity contribution in [1.82, 2.24) is 10.2 Å². The Kier molecular flexibility index (Phi) is 5.76. The Balaban J connectivity index is 1.86. The molecule has 3 nitrogen and oxygen atoms in total. The van der Waals surface area contributed by atoms with E-state index in [1.807, 2.05) is 32.9 Å². The lowest BCUT2D eigenvalue weighted by molar-refractivity contribution is -0.127. The van der Waals surface area contributed by atoms with E-state index in [0.717, 1.165) is 38.0 Å². The largest absolute Gasteiger partial charge is 0.351 e. The molecule has 5 heteroatoms. The number of piperidine rings is 1. The van der Waals surface area contributed by atoms with Crippen molar-refractivity contribution >= 4 is 29.1 Å². The molecule has 122 valence electrons. The van der Waals surface area contributed by atoms with Gasteiger partial charge in [0.25, 0.3) is 0 Å². The number of carbonyl (C=O) groups is 1. The van der Waals surface area contributed by atoms with Crippen LogP contribution in [-0.4, -0.2) is 29.4 Å². The SMILES string of the molecule is CC(C)(C)NC(=O)C1CCN(Cc2ccc(Cl)cc2Cl)CC1. The third-order valence-corrected chi connectivity index (χ3v) is 4.45. The minimum absolute atomic E-state index is 0.121. The maximum absolute atomic E-state index is 12.2. The predicted molar refractivity (Wildman–Crippen MR) is 92.4 cm³/mol. The van der Waals surface area contributed by atoms with E-state index in [4.69, 9.17) is 23.2 Å². The summed E-state index contributed by atoms with van der Waals surface area (Å²) in [4.78, 5) is 14.5. The lowest BCUT2D eigenvalue weighted by atomic mass is 9.94. The van der Waals surface area contributed by atoms with Gasteiger partial charge in [-0.2, -0.15) is 0 Å². The van der Waals surface area contributed by atoms with E-state index < -0.39 is 0 Å². The standard InChI is InChI=1S/C17H24Cl2N2O/c1-17(2,3)20-16(22)12-6-8-21(9-7-12)11-13-4-5-14(18)10-15(13)19/h4-5,10,12H,6-9,11H2,1-3H3,(H,20,22). The van der Waals surface area contributed by atoms with Gasteiger partial charge >= 0.3 is 0 Å². The summed E-state index contributed by atoms with van der Waals surface area (Å²) in [6.45, 7) is 8.69. The molecule has 0 bridgehead atoms. The molecule has 2 rings (SSSR count). The van der Waals surface area contributed by atoms with Crippen molar-refractivity contribution in [1.29, 1.82) is 0 Å². The fourth-order valence-electron chi connectivity index (χ4n) is 2.72. The number of carbonyl (C=O) groups excluding carboxylic acids is 1. The quantitative estimate of drug-likeness (QED) is 0.895. The van der Waals surface area contributed by atoms with Crippen LogP contribution in [0.4, 0.5) is 0 Å². The molecule has 1 aliphatic rings. The van der Waals surface area contributed by atoms with Gasteiger partial charge in [-0.15, -0.1) is 0 Å². The average Bonchev–Trinajstić information content (AvgIpc) is 2.41. The zero-order chi connectivity index (χ0) is 16.3. The highest BCUT2D eigenvalue weighted by atomic mass is 35.5. The fourth-order valence-corrected chi connectivity index (χ4v) is 3.18. The molecule has 0 radical (unpaired) electrons. The van der Waals surface area contributed by atoms with E-state index in [9.17, 15) is 4.79 Å². The van der Waals surface area contributed by atoms with Crippen molar-refractivity contribution in [3.63, 3.8) is 0 Å². The Morgan fingerprint density at radius 3 is 2.45 bits per heavy atom. The maximum Gasteiger partial charge on any atom is 0.223 e. The van der Waals surface area contributed by atoms with Gasteiger partial charge in [0.1, 0.15) is 0 Å². The lowest BCUT2D eigenvalue weighted by Gasteiger charge is -2.33. The van der Waals surface area contributed by atoms with Crippen LogP contribution >= 0.6 is 23.2 Å². The smallest absolute Gasteiger partial charge is 0.223 e. The van der Waals surface area contributed by atoms with Gasteiger partial charge in [0, 0.05) is 28.0 Å². The van der Waals surface area contributed by atoms with Crippen LogP contribution in [0.2, 0.25) is 10.0 Å². The van der Waals surface area contributed by atoms with Crippen LogP contribution in [0.3, 0.4) is 0 Å². The number of nitrogens with one attached hydrogen (secondary N) is 1. The Morgan fingerprint density at radius 2 is 1.91 bits per heavy atom. The van der Waals surface area contributed by atoms with Crippen molar-refractivity contribution in [2.45, 2.75) is 45.7 Å². The van der Waals surface area contributed by atoms with E-state index in [-0.39, 0.29) is 17.4 Å². The number of hydrogen-bond donors (Lipinski definition) is 1. The van der Waals surface area contributed by atoms with E-state index in [0.29, 0.717) is 10.0 Å². The van der Waals surface area contributed by atoms with Crippen molar-refractivity contribution < 1.29 is 4.79 Å². The van der Waals surface area contributed by atoms with E-state index in [1.54, 1.807) is 6.07 Å². The second-order valence-corrected chi connectivity index (χ2v) is 7.87. The van der Waals surface area contributed by atoms with Gasteiger partial charge in [-0.1, -0.05) is 29.3 Å². The van der Waals surface area contributed by atoms with Gasteiger partial charge < -0.3 is 5.32 Å². The Labute approximate surface area is 143 Å². The summed E-state index contributed by atoms with van der Waals surface area (Å²) in [5, 5.41) is 4.44. The Bertz CT molecular complexity index is 532. The Hall–Kier alpha value is -0.770. The molecule has 1 amide bonds. The summed E-state index contributed by atoms with van der Waals surface area (Å²) in [5.74, 6) is 0.299. The number of amides is 1. The highest BCUT2D eigenvalue weighted by molar-refractivity contribution is 6.35. The lowest BCUT2D eigenvalue weighted by Crippen LogP contribution is -2.46. The molecule has 0 aliphatic carbocycles. The monoisotopic (exact) mass is 342 g/mol. The minimum Gasteiger partial charge on any atom is -0.351 e. The third-order valence-electron chi connectivity index (χ3n) is 3.87. The summed E-state index contributed by atoms with van der Waals surface area (Å²) in [5.41, 5.74) is 0.925. The average molecular weight is 343 g/mol. The van der Waals surface area contributed by atoms with Crippen molar-refractivity contribution in [2.24, 2.45) is 5.92 Å². The van der Waals surface area contributed by atoms with Gasteiger partial charge in [0.15, 0.2) is 0 Å². The number of rotatable bonds is 3. The first-order valence-electron chi connectivity index (χ1n) is 7.73. The molecule has 0 spiro atoms. The summed E-state index contributed by atoms with van der Waals surface area (Å²) >= 11 is 12.1. The van der Waals surface area contributed by atoms with Crippen LogP contribution < -0.4 is 5.32 Å². The molecule has 0 unspecified atom stereocenters. The van der Waals surface area contributed by atoms with Crippen LogP contribution in [0, 0.1) is 5.92 Å². The van der Waals surface area contributed by atoms with Crippen LogP contribution in [-0.2, 0) is 11.3 Å². The fraction of sp³-hybridized carbons (Fsp3) is 0.588. The van der Waals surface area contributed by atoms with Crippen molar-refractivity contribution in [3.8, 4) is 0 Å². The second-order valence-electron chi connectivity index (χ2n) is 7.03. The van der Waals surface area contributed by atoms with Gasteiger partial charge in [-0.05, 0) is 64.4 Å². The molecule has 1 aliphatic heterocycles. The van der Waals surface area contributed by atoms with Gasteiger partial charge in [-0.25, -0.2) is 0 Å². The minimum atomic E-state index is -0.162. The first-order valence-corrected chi connectivity index (χ1v) is 8.48. The maximum atomic E-state index is 12.2. The molecule has 1 saturated heterocycles. The zero-order valence-corrected chi connectivity index (χ0v) is 15.0. The number of nitrogens with zero attached hydrogens (tertiary/aromatic N) is 1. The van der Waals surface area contributed by atoms with Crippen LogP contribution in [0.1, 0.15) is 39.2 Å². The van der Waals surface area contributed by atoms with Crippen molar-refractivity contribution in [3.05, 3.63) is 33.8 Å². The number of benzene rings is 1. The third kappa shape index (κ3) is 5.15. The van der Waals surface area contributed by atoms with Gasteiger partial charge in [0.05, 0.1) is 0 Å². The van der Waals surface area contributed by atoms with Gasteiger partial charge in [-0.3, -0.25) is 9.69 Å². The summed E-state index contributed by atoms with van der Waals surface area (Å²) in [6, 6.07) is 5.62. The molecule has 1 N–H and O–H groups in total. The molecule has 0 atom stereocenters. The predicted octanol–water partition coefficient (Wildman–Crippen LogP) is 4.12. The topological polar surface area (TPSA) is 32.3 Å². The molecule has 1 aromatic carbocycles. The van der Waals surface area contributed by atoms with Crippen LogP contribution in [0.5, 0.6) is 0 Å². The molecule has 1 fully saturated rings.